The van der Waals surface area contributed by atoms with Gasteiger partial charge in [0.15, 0.2) is 17.6 Å². The van der Waals surface area contributed by atoms with Crippen LogP contribution in [0.1, 0.15) is 77.4 Å². The Morgan fingerprint density at radius 2 is 1.74 bits per heavy atom. The maximum atomic E-state index is 13.5. The molecule has 1 aromatic heterocycles. The molecule has 0 saturated carbocycles. The Bertz CT molecular complexity index is 1650. The van der Waals surface area contributed by atoms with Gasteiger partial charge >= 0.3 is 0 Å². The van der Waals surface area contributed by atoms with Gasteiger partial charge in [-0.15, -0.1) is 0 Å². The second kappa shape index (κ2) is 16.4. The van der Waals surface area contributed by atoms with E-state index >= 15 is 0 Å². The molecule has 3 amide bonds. The molecule has 3 aromatic rings. The van der Waals surface area contributed by atoms with Gasteiger partial charge in [0, 0.05) is 42.7 Å². The van der Waals surface area contributed by atoms with Crippen molar-refractivity contribution in [3.63, 3.8) is 0 Å². The van der Waals surface area contributed by atoms with Gasteiger partial charge in [0.1, 0.15) is 17.4 Å². The van der Waals surface area contributed by atoms with Crippen molar-refractivity contribution in [2.45, 2.75) is 78.2 Å². The minimum atomic E-state index is -1.63. The van der Waals surface area contributed by atoms with Gasteiger partial charge in [-0.3, -0.25) is 19.2 Å². The van der Waals surface area contributed by atoms with Gasteiger partial charge < -0.3 is 30.9 Å². The molecule has 3 rings (SSSR count). The van der Waals surface area contributed by atoms with E-state index < -0.39 is 41.4 Å². The lowest BCUT2D eigenvalue weighted by molar-refractivity contribution is -0.131. The number of rotatable bonds is 14. The molecule has 248 valence electrons. The van der Waals surface area contributed by atoms with Crippen LogP contribution in [0.2, 0.25) is 0 Å². The summed E-state index contributed by atoms with van der Waals surface area (Å²) in [5, 5.41) is 35.2. The topological polar surface area (TPSA) is 186 Å². The van der Waals surface area contributed by atoms with Crippen LogP contribution in [0.4, 0.5) is 0 Å². The monoisotopic (exact) mass is 642 g/mol. The van der Waals surface area contributed by atoms with E-state index in [0.717, 1.165) is 11.1 Å². The molecule has 0 spiro atoms. The molecule has 47 heavy (non-hydrogen) atoms. The Morgan fingerprint density at radius 3 is 2.36 bits per heavy atom. The summed E-state index contributed by atoms with van der Waals surface area (Å²) in [6.45, 7) is 11.2. The molecule has 2 aromatic carbocycles. The molecule has 0 bridgehead atoms. The highest BCUT2D eigenvalue weighted by molar-refractivity contribution is 6.02. The molecule has 12 nitrogen and oxygen atoms in total. The maximum absolute atomic E-state index is 13.5. The minimum Gasteiger partial charge on any atom is -0.381 e. The largest absolute Gasteiger partial charge is 0.381 e. The van der Waals surface area contributed by atoms with E-state index in [4.69, 9.17) is 4.52 Å². The molecular formula is C35H42N6O6. The van der Waals surface area contributed by atoms with Crippen LogP contribution < -0.4 is 21.3 Å². The summed E-state index contributed by atoms with van der Waals surface area (Å²) >= 11 is 0. The molecule has 0 aliphatic heterocycles. The number of nitrogens with one attached hydrogen (secondary N) is 4. The summed E-state index contributed by atoms with van der Waals surface area (Å²) in [4.78, 5) is 51.6. The number of carbonyl (C=O) groups excluding carboxylic acids is 4. The second-order valence-electron chi connectivity index (χ2n) is 12.5. The van der Waals surface area contributed by atoms with Crippen molar-refractivity contribution >= 4 is 29.6 Å². The number of aromatic nitrogens is 1. The zero-order valence-electron chi connectivity index (χ0n) is 27.5. The van der Waals surface area contributed by atoms with E-state index in [1.165, 1.54) is 19.1 Å². The van der Waals surface area contributed by atoms with E-state index in [0.29, 0.717) is 23.4 Å². The number of hydrogen-bond donors (Lipinski definition) is 5. The first-order valence-electron chi connectivity index (χ1n) is 15.2. The van der Waals surface area contributed by atoms with Gasteiger partial charge in [-0.2, -0.15) is 5.26 Å². The van der Waals surface area contributed by atoms with Gasteiger partial charge in [0.05, 0.1) is 6.04 Å². The fourth-order valence-electron chi connectivity index (χ4n) is 4.48. The van der Waals surface area contributed by atoms with Crippen LogP contribution in [0.25, 0.3) is 6.08 Å². The number of ketones is 1. The van der Waals surface area contributed by atoms with Crippen molar-refractivity contribution in [1.29, 1.82) is 5.26 Å². The van der Waals surface area contributed by atoms with E-state index in [9.17, 15) is 29.5 Å². The number of nitriles is 1. The van der Waals surface area contributed by atoms with Crippen molar-refractivity contribution in [2.24, 2.45) is 0 Å². The maximum Gasteiger partial charge on any atom is 0.273 e. The number of aryl methyl sites for hydroxylation is 2. The summed E-state index contributed by atoms with van der Waals surface area (Å²) in [6.07, 6.45) is -0.341. The summed E-state index contributed by atoms with van der Waals surface area (Å²) in [7, 11) is 0. The highest BCUT2D eigenvalue weighted by atomic mass is 16.5. The van der Waals surface area contributed by atoms with E-state index in [-0.39, 0.29) is 30.0 Å². The number of hydrogen-bond acceptors (Lipinski definition) is 9. The van der Waals surface area contributed by atoms with Crippen molar-refractivity contribution in [3.05, 3.63) is 93.9 Å². The SMILES string of the molecule is Cc1ccc(CNC[C@H](CC(=O)c2cccc(C=C(C#N)C(=O)NC(C)(C)C)c2)NC(=O)[C@H](O)[C@H](C)NC(=O)c2cc(C)on2)cc1. The molecule has 0 fully saturated rings. The highest BCUT2D eigenvalue weighted by Gasteiger charge is 2.28. The van der Waals surface area contributed by atoms with Crippen molar-refractivity contribution in [2.75, 3.05) is 6.54 Å². The highest BCUT2D eigenvalue weighted by Crippen LogP contribution is 2.14. The van der Waals surface area contributed by atoms with Gasteiger partial charge in [0.25, 0.3) is 17.7 Å². The fourth-order valence-corrected chi connectivity index (χ4v) is 4.48. The first-order valence-corrected chi connectivity index (χ1v) is 15.2. The van der Waals surface area contributed by atoms with Gasteiger partial charge in [0.2, 0.25) is 0 Å². The average Bonchev–Trinajstić information content (AvgIpc) is 3.45. The minimum absolute atomic E-state index is 0.0135. The number of benzene rings is 2. The Hall–Kier alpha value is -5.12. The third kappa shape index (κ3) is 11.6. The van der Waals surface area contributed by atoms with Crippen LogP contribution in [0.5, 0.6) is 0 Å². The first-order chi connectivity index (χ1) is 22.1. The predicted molar refractivity (Wildman–Crippen MR) is 176 cm³/mol. The van der Waals surface area contributed by atoms with Crippen LogP contribution in [0.3, 0.4) is 0 Å². The molecule has 12 heteroatoms. The fraction of sp³-hybridized carbons (Fsp3) is 0.371. The Kier molecular flexibility index (Phi) is 12.7. The molecule has 0 aliphatic carbocycles. The molecule has 0 radical (unpaired) electrons. The molecule has 0 unspecified atom stereocenters. The number of Topliss-reactive ketones (excluding diaryl/α,β-unsaturated/α-hetero) is 1. The standard InChI is InChI=1S/C35H42N6O6/c1-21-10-12-24(13-11-21)19-37-20-28(39-34(46)31(43)23(3)38-33(45)29-14-22(2)47-41-29)17-30(42)26-9-7-8-25(15-26)16-27(18-36)32(44)40-35(4,5)6/h7-16,23,28,31,37,43H,17,19-20H2,1-6H3,(H,38,45)(H,39,46)(H,40,44)/t23-,28-,31+/m0/s1. The molecule has 5 N–H and O–H groups in total. The zero-order valence-corrected chi connectivity index (χ0v) is 27.5. The molecule has 0 aliphatic rings. The van der Waals surface area contributed by atoms with Crippen LogP contribution in [0.15, 0.2) is 64.7 Å². The van der Waals surface area contributed by atoms with Crippen LogP contribution in [0, 0.1) is 25.2 Å². The quantitative estimate of drug-likeness (QED) is 0.100. The van der Waals surface area contributed by atoms with Crippen LogP contribution in [-0.4, -0.2) is 64.0 Å². The van der Waals surface area contributed by atoms with E-state index in [1.807, 2.05) is 37.3 Å². The summed E-state index contributed by atoms with van der Waals surface area (Å²) < 4.78 is 4.91. The Morgan fingerprint density at radius 1 is 1.04 bits per heavy atom. The lowest BCUT2D eigenvalue weighted by Gasteiger charge is -2.24. The first kappa shape index (κ1) is 36.3. The number of nitrogens with zero attached hydrogens (tertiary/aromatic N) is 2. The second-order valence-corrected chi connectivity index (χ2v) is 12.5. The third-order valence-corrected chi connectivity index (χ3v) is 6.95. The lowest BCUT2D eigenvalue weighted by Crippen LogP contribution is -2.53. The summed E-state index contributed by atoms with van der Waals surface area (Å²) in [5.41, 5.74) is 2.29. The van der Waals surface area contributed by atoms with Crippen LogP contribution in [-0.2, 0) is 16.1 Å². The van der Waals surface area contributed by atoms with Crippen LogP contribution >= 0.6 is 0 Å². The number of aliphatic hydroxyl groups is 1. The summed E-state index contributed by atoms with van der Waals surface area (Å²) in [6, 6.07) is 16.0. The number of carbonyl (C=O) groups is 4. The number of aliphatic hydroxyl groups excluding tert-OH is 1. The smallest absolute Gasteiger partial charge is 0.273 e. The normalized spacial score (nSPS) is 13.5. The van der Waals surface area contributed by atoms with Crippen molar-refractivity contribution in [1.82, 2.24) is 26.4 Å². The van der Waals surface area contributed by atoms with Gasteiger partial charge in [-0.25, -0.2) is 0 Å². The van der Waals surface area contributed by atoms with Crippen molar-refractivity contribution < 1.29 is 28.8 Å². The Balaban J connectivity index is 1.74. The van der Waals surface area contributed by atoms with E-state index in [1.54, 1.807) is 52.0 Å². The molecule has 1 heterocycles. The number of amides is 3. The average molecular weight is 643 g/mol. The van der Waals surface area contributed by atoms with E-state index in [2.05, 4.69) is 26.4 Å². The zero-order chi connectivity index (χ0) is 34.7. The molecule has 3 atom stereocenters. The van der Waals surface area contributed by atoms with Gasteiger partial charge in [-0.05, 0) is 64.8 Å². The summed E-state index contributed by atoms with van der Waals surface area (Å²) in [5.74, 6) is -1.79. The van der Waals surface area contributed by atoms with Crippen molar-refractivity contribution in [3.8, 4) is 6.07 Å². The third-order valence-electron chi connectivity index (χ3n) is 6.95. The Labute approximate surface area is 274 Å². The molecular weight excluding hydrogens is 600 g/mol. The van der Waals surface area contributed by atoms with Gasteiger partial charge in [-0.1, -0.05) is 53.2 Å². The predicted octanol–water partition coefficient (Wildman–Crippen LogP) is 3.14. The lowest BCUT2D eigenvalue weighted by atomic mass is 10.00. The molecule has 0 saturated heterocycles.